The van der Waals surface area contributed by atoms with Gasteiger partial charge in [0.1, 0.15) is 0 Å². The topological polar surface area (TPSA) is 67.9 Å². The molecule has 1 aliphatic carbocycles. The van der Waals surface area contributed by atoms with Crippen LogP contribution in [0.4, 0.5) is 0 Å². The lowest BCUT2D eigenvalue weighted by molar-refractivity contribution is -0.133. The molecule has 1 saturated carbocycles. The van der Waals surface area contributed by atoms with Gasteiger partial charge in [0.15, 0.2) is 11.5 Å². The van der Waals surface area contributed by atoms with Gasteiger partial charge in [-0.05, 0) is 49.7 Å². The second-order valence-corrected chi connectivity index (χ2v) is 7.95. The number of carbonyl (C=O) groups is 2. The molecule has 2 aliphatic rings. The van der Waals surface area contributed by atoms with E-state index in [1.165, 1.54) is 32.8 Å². The molecule has 3 rings (SSSR count). The number of hydrogen-bond acceptors (Lipinski definition) is 4. The van der Waals surface area contributed by atoms with E-state index in [-0.39, 0.29) is 11.8 Å². The van der Waals surface area contributed by atoms with Gasteiger partial charge in [-0.15, -0.1) is 0 Å². The second kappa shape index (κ2) is 9.80. The van der Waals surface area contributed by atoms with Gasteiger partial charge in [0.05, 0.1) is 19.8 Å². The number of nitrogens with one attached hydrogen (secondary N) is 1. The summed E-state index contributed by atoms with van der Waals surface area (Å²) in [5.74, 6) is 1.97. The van der Waals surface area contributed by atoms with Gasteiger partial charge in [0.2, 0.25) is 5.91 Å². The van der Waals surface area contributed by atoms with Gasteiger partial charge < -0.3 is 19.7 Å². The highest BCUT2D eigenvalue weighted by Crippen LogP contribution is 2.31. The number of benzene rings is 1. The number of ether oxygens (including phenoxy) is 2. The average molecular weight is 389 g/mol. The molecular formula is C22H32N2O4. The highest BCUT2D eigenvalue weighted by atomic mass is 16.5. The van der Waals surface area contributed by atoms with E-state index in [4.69, 9.17) is 9.47 Å². The highest BCUT2D eigenvalue weighted by molar-refractivity contribution is 5.97. The molecule has 6 nitrogen and oxygen atoms in total. The lowest BCUT2D eigenvalue weighted by atomic mass is 9.96. The van der Waals surface area contributed by atoms with E-state index in [2.05, 4.69) is 5.32 Å². The summed E-state index contributed by atoms with van der Waals surface area (Å²) in [6, 6.07) is 5.28. The quantitative estimate of drug-likeness (QED) is 0.779. The summed E-state index contributed by atoms with van der Waals surface area (Å²) in [5.41, 5.74) is 0.465. The molecule has 0 radical (unpaired) electrons. The summed E-state index contributed by atoms with van der Waals surface area (Å²) in [6.45, 7) is 2.15. The minimum atomic E-state index is -0.176. The van der Waals surface area contributed by atoms with E-state index >= 15 is 0 Å². The highest BCUT2D eigenvalue weighted by Gasteiger charge is 2.27. The molecule has 1 unspecified atom stereocenters. The minimum Gasteiger partial charge on any atom is -0.493 e. The van der Waals surface area contributed by atoms with Crippen LogP contribution in [-0.4, -0.2) is 50.6 Å². The van der Waals surface area contributed by atoms with Crippen LogP contribution >= 0.6 is 0 Å². The Morgan fingerprint density at radius 1 is 1.07 bits per heavy atom. The van der Waals surface area contributed by atoms with Crippen LogP contribution in [0.25, 0.3) is 0 Å². The summed E-state index contributed by atoms with van der Waals surface area (Å²) >= 11 is 0. The summed E-state index contributed by atoms with van der Waals surface area (Å²) in [4.78, 5) is 27.3. The number of likely N-dealkylation sites (tertiary alicyclic amines) is 1. The third-order valence-electron chi connectivity index (χ3n) is 6.01. The number of amides is 2. The summed E-state index contributed by atoms with van der Waals surface area (Å²) in [5, 5.41) is 3.01. The van der Waals surface area contributed by atoms with Crippen molar-refractivity contribution in [2.24, 2.45) is 11.8 Å². The Kier molecular flexibility index (Phi) is 7.18. The first-order valence-corrected chi connectivity index (χ1v) is 10.4. The van der Waals surface area contributed by atoms with Gasteiger partial charge >= 0.3 is 0 Å². The van der Waals surface area contributed by atoms with E-state index in [1.54, 1.807) is 25.3 Å². The predicted octanol–water partition coefficient (Wildman–Crippen LogP) is 3.25. The van der Waals surface area contributed by atoms with Gasteiger partial charge in [0.25, 0.3) is 5.91 Å². The Morgan fingerprint density at radius 2 is 1.82 bits per heavy atom. The molecule has 0 spiro atoms. The molecule has 28 heavy (non-hydrogen) atoms. The smallest absolute Gasteiger partial charge is 0.255 e. The number of hydrogen-bond donors (Lipinski definition) is 1. The molecule has 1 atom stereocenters. The molecule has 0 bridgehead atoms. The SMILES string of the molecule is COc1cccc(C(=O)NCC2CCCN(C(=O)CC3CCCC3)C2)c1OC. The van der Waals surface area contributed by atoms with Crippen molar-refractivity contribution in [2.45, 2.75) is 44.9 Å². The molecule has 2 fully saturated rings. The molecule has 154 valence electrons. The van der Waals surface area contributed by atoms with Crippen molar-refractivity contribution < 1.29 is 19.1 Å². The van der Waals surface area contributed by atoms with Crippen molar-refractivity contribution in [1.82, 2.24) is 10.2 Å². The van der Waals surface area contributed by atoms with Crippen LogP contribution in [0.2, 0.25) is 0 Å². The van der Waals surface area contributed by atoms with Crippen LogP contribution in [0, 0.1) is 11.8 Å². The fraction of sp³-hybridized carbons (Fsp3) is 0.636. The predicted molar refractivity (Wildman–Crippen MR) is 108 cm³/mol. The van der Waals surface area contributed by atoms with Crippen LogP contribution in [0.3, 0.4) is 0 Å². The summed E-state index contributed by atoms with van der Waals surface area (Å²) < 4.78 is 10.6. The van der Waals surface area contributed by atoms with E-state index in [0.717, 1.165) is 25.9 Å². The largest absolute Gasteiger partial charge is 0.493 e. The summed E-state index contributed by atoms with van der Waals surface area (Å²) in [6.07, 6.45) is 7.64. The van der Waals surface area contributed by atoms with Crippen molar-refractivity contribution in [3.63, 3.8) is 0 Å². The van der Waals surface area contributed by atoms with Crippen LogP contribution in [0.15, 0.2) is 18.2 Å². The van der Waals surface area contributed by atoms with Crippen LogP contribution in [-0.2, 0) is 4.79 Å². The van der Waals surface area contributed by atoms with Gasteiger partial charge in [-0.3, -0.25) is 9.59 Å². The number of methoxy groups -OCH3 is 2. The maximum atomic E-state index is 12.7. The first-order valence-electron chi connectivity index (χ1n) is 10.4. The van der Waals surface area contributed by atoms with Crippen molar-refractivity contribution in [3.05, 3.63) is 23.8 Å². The maximum Gasteiger partial charge on any atom is 0.255 e. The number of piperidine rings is 1. The lowest BCUT2D eigenvalue weighted by Gasteiger charge is -2.33. The molecule has 1 heterocycles. The third kappa shape index (κ3) is 4.97. The van der Waals surface area contributed by atoms with E-state index in [9.17, 15) is 9.59 Å². The van der Waals surface area contributed by atoms with Crippen LogP contribution < -0.4 is 14.8 Å². The molecule has 1 aromatic rings. The molecule has 1 saturated heterocycles. The molecule has 1 aromatic carbocycles. The van der Waals surface area contributed by atoms with Crippen LogP contribution in [0.5, 0.6) is 11.5 Å². The normalized spacial score (nSPS) is 20.1. The fourth-order valence-electron chi connectivity index (χ4n) is 4.45. The zero-order valence-corrected chi connectivity index (χ0v) is 17.0. The van der Waals surface area contributed by atoms with Crippen molar-refractivity contribution in [2.75, 3.05) is 33.9 Å². The first-order chi connectivity index (χ1) is 13.6. The monoisotopic (exact) mass is 388 g/mol. The van der Waals surface area contributed by atoms with Gasteiger partial charge in [0, 0.05) is 26.1 Å². The van der Waals surface area contributed by atoms with E-state index < -0.39 is 0 Å². The fourth-order valence-corrected chi connectivity index (χ4v) is 4.45. The Balaban J connectivity index is 1.52. The number of nitrogens with zero attached hydrogens (tertiary/aromatic N) is 1. The third-order valence-corrected chi connectivity index (χ3v) is 6.01. The van der Waals surface area contributed by atoms with Gasteiger partial charge in [-0.25, -0.2) is 0 Å². The molecule has 0 aromatic heterocycles. The molecule has 6 heteroatoms. The Bertz CT molecular complexity index is 685. The Labute approximate surface area is 167 Å². The Morgan fingerprint density at radius 3 is 2.54 bits per heavy atom. The van der Waals surface area contributed by atoms with Crippen molar-refractivity contribution in [1.29, 1.82) is 0 Å². The maximum absolute atomic E-state index is 12.7. The average Bonchev–Trinajstić information content (AvgIpc) is 3.24. The molecule has 1 aliphatic heterocycles. The Hall–Kier alpha value is -2.24. The second-order valence-electron chi connectivity index (χ2n) is 7.95. The zero-order valence-electron chi connectivity index (χ0n) is 17.0. The summed E-state index contributed by atoms with van der Waals surface area (Å²) in [7, 11) is 3.09. The van der Waals surface area contributed by atoms with E-state index in [0.29, 0.717) is 41.9 Å². The van der Waals surface area contributed by atoms with Gasteiger partial charge in [-0.1, -0.05) is 18.9 Å². The van der Waals surface area contributed by atoms with Crippen molar-refractivity contribution >= 4 is 11.8 Å². The standard InChI is InChI=1S/C22H32N2O4/c1-27-19-11-5-10-18(21(19)28-2)22(26)23-14-17-9-6-12-24(15-17)20(25)13-16-7-3-4-8-16/h5,10-11,16-17H,3-4,6-9,12-15H2,1-2H3,(H,23,26). The minimum absolute atomic E-state index is 0.176. The van der Waals surface area contributed by atoms with Crippen molar-refractivity contribution in [3.8, 4) is 11.5 Å². The molecule has 2 amide bonds. The lowest BCUT2D eigenvalue weighted by Crippen LogP contribution is -2.44. The zero-order chi connectivity index (χ0) is 19.9. The number of para-hydroxylation sites is 1. The molecule has 1 N–H and O–H groups in total. The van der Waals surface area contributed by atoms with Gasteiger partial charge in [-0.2, -0.15) is 0 Å². The number of rotatable bonds is 7. The van der Waals surface area contributed by atoms with E-state index in [1.807, 2.05) is 4.90 Å². The van der Waals surface area contributed by atoms with Crippen LogP contribution in [0.1, 0.15) is 55.3 Å². The molecular weight excluding hydrogens is 356 g/mol. The first kappa shape index (κ1) is 20.5. The number of carbonyl (C=O) groups excluding carboxylic acids is 2.